The van der Waals surface area contributed by atoms with E-state index in [1.54, 1.807) is 12.1 Å². The smallest absolute Gasteiger partial charge is 0.291 e. The molecule has 6 heteroatoms. The molecule has 0 bridgehead atoms. The van der Waals surface area contributed by atoms with Gasteiger partial charge in [-0.25, -0.2) is 8.42 Å². The van der Waals surface area contributed by atoms with E-state index in [1.165, 1.54) is 24.3 Å². The van der Waals surface area contributed by atoms with Gasteiger partial charge in [0.2, 0.25) is 14.9 Å². The zero-order chi connectivity index (χ0) is 18.9. The van der Waals surface area contributed by atoms with Crippen molar-refractivity contribution in [2.75, 3.05) is 5.32 Å². The van der Waals surface area contributed by atoms with Gasteiger partial charge in [0.05, 0.1) is 4.90 Å². The SMILES string of the molecule is Cc1ccc(S(=O)(=O)c2ccc(C(=O)Nc3c(C)cccc3C)o2)cc1. The number of nitrogens with one attached hydrogen (secondary N) is 1. The second-order valence-electron chi connectivity index (χ2n) is 6.16. The molecule has 0 atom stereocenters. The predicted molar refractivity (Wildman–Crippen MR) is 99.2 cm³/mol. The number of benzene rings is 2. The van der Waals surface area contributed by atoms with Gasteiger partial charge in [-0.05, 0) is 56.2 Å². The second kappa shape index (κ2) is 6.80. The van der Waals surface area contributed by atoms with Crippen LogP contribution in [0.5, 0.6) is 0 Å². The average Bonchev–Trinajstić information content (AvgIpc) is 3.09. The second-order valence-corrected chi connectivity index (χ2v) is 8.04. The van der Waals surface area contributed by atoms with E-state index in [0.717, 1.165) is 16.7 Å². The molecule has 5 nitrogen and oxygen atoms in total. The summed E-state index contributed by atoms with van der Waals surface area (Å²) in [6.07, 6.45) is 0. The first-order chi connectivity index (χ1) is 12.3. The molecule has 0 aliphatic heterocycles. The minimum Gasteiger partial charge on any atom is -0.439 e. The van der Waals surface area contributed by atoms with Gasteiger partial charge in [-0.2, -0.15) is 0 Å². The Kier molecular flexibility index (Phi) is 4.70. The first-order valence-corrected chi connectivity index (χ1v) is 9.56. The van der Waals surface area contributed by atoms with E-state index < -0.39 is 15.7 Å². The Morgan fingerprint density at radius 1 is 0.885 bits per heavy atom. The Balaban J connectivity index is 1.87. The third-order valence-electron chi connectivity index (χ3n) is 4.12. The summed E-state index contributed by atoms with van der Waals surface area (Å²) in [5.41, 5.74) is 3.48. The van der Waals surface area contributed by atoms with E-state index in [1.807, 2.05) is 39.0 Å². The summed E-state index contributed by atoms with van der Waals surface area (Å²) < 4.78 is 30.6. The number of hydrogen-bond acceptors (Lipinski definition) is 4. The van der Waals surface area contributed by atoms with E-state index in [4.69, 9.17) is 4.42 Å². The molecule has 0 aliphatic carbocycles. The van der Waals surface area contributed by atoms with Crippen molar-refractivity contribution >= 4 is 21.4 Å². The number of rotatable bonds is 4. The number of furan rings is 1. The normalized spacial score (nSPS) is 11.3. The maximum Gasteiger partial charge on any atom is 0.291 e. The van der Waals surface area contributed by atoms with Crippen LogP contribution < -0.4 is 5.32 Å². The van der Waals surface area contributed by atoms with E-state index in [-0.39, 0.29) is 15.7 Å². The van der Waals surface area contributed by atoms with Crippen molar-refractivity contribution in [3.05, 3.63) is 77.0 Å². The van der Waals surface area contributed by atoms with Crippen LogP contribution in [0.2, 0.25) is 0 Å². The molecule has 0 fully saturated rings. The minimum absolute atomic E-state index is 0.0571. The highest BCUT2D eigenvalue weighted by atomic mass is 32.2. The van der Waals surface area contributed by atoms with Gasteiger partial charge in [0.15, 0.2) is 5.76 Å². The molecule has 3 rings (SSSR count). The van der Waals surface area contributed by atoms with Crippen LogP contribution in [0.3, 0.4) is 0 Å². The molecular weight excluding hydrogens is 350 g/mol. The number of carbonyl (C=O) groups excluding carboxylic acids is 1. The number of sulfone groups is 1. The highest BCUT2D eigenvalue weighted by Gasteiger charge is 2.23. The summed E-state index contributed by atoms with van der Waals surface area (Å²) in [5.74, 6) is -0.550. The molecule has 26 heavy (non-hydrogen) atoms. The van der Waals surface area contributed by atoms with E-state index in [2.05, 4.69) is 5.32 Å². The number of amides is 1. The maximum absolute atomic E-state index is 12.6. The highest BCUT2D eigenvalue weighted by molar-refractivity contribution is 7.91. The molecule has 0 spiro atoms. The average molecular weight is 369 g/mol. The van der Waals surface area contributed by atoms with Crippen LogP contribution >= 0.6 is 0 Å². The van der Waals surface area contributed by atoms with Crippen molar-refractivity contribution in [2.45, 2.75) is 30.8 Å². The van der Waals surface area contributed by atoms with Crippen molar-refractivity contribution in [1.29, 1.82) is 0 Å². The van der Waals surface area contributed by atoms with E-state index >= 15 is 0 Å². The number of aryl methyl sites for hydroxylation is 3. The predicted octanol–water partition coefficient (Wildman–Crippen LogP) is 4.29. The van der Waals surface area contributed by atoms with Gasteiger partial charge in [0, 0.05) is 5.69 Å². The van der Waals surface area contributed by atoms with Gasteiger partial charge in [0.1, 0.15) is 0 Å². The van der Waals surface area contributed by atoms with Gasteiger partial charge < -0.3 is 9.73 Å². The Labute approximate surface area is 152 Å². The standard InChI is InChI=1S/C20H19NO4S/c1-13-7-9-16(10-8-13)26(23,24)18-12-11-17(25-18)20(22)21-19-14(2)5-4-6-15(19)3/h4-12H,1-3H3,(H,21,22). The summed E-state index contributed by atoms with van der Waals surface area (Å²) in [6, 6.07) is 14.8. The Morgan fingerprint density at radius 2 is 1.50 bits per heavy atom. The molecule has 0 aliphatic rings. The fourth-order valence-corrected chi connectivity index (χ4v) is 3.78. The molecule has 134 valence electrons. The minimum atomic E-state index is -3.80. The van der Waals surface area contributed by atoms with E-state index in [0.29, 0.717) is 5.69 Å². The molecule has 1 amide bonds. The van der Waals surface area contributed by atoms with Gasteiger partial charge >= 0.3 is 0 Å². The first kappa shape index (κ1) is 17.9. The van der Waals surface area contributed by atoms with E-state index in [9.17, 15) is 13.2 Å². The Morgan fingerprint density at radius 3 is 2.12 bits per heavy atom. The van der Waals surface area contributed by atoms with Crippen LogP contribution in [0, 0.1) is 20.8 Å². The maximum atomic E-state index is 12.6. The number of hydrogen-bond donors (Lipinski definition) is 1. The Hall–Kier alpha value is -2.86. The van der Waals surface area contributed by atoms with Crippen LogP contribution in [0.1, 0.15) is 27.2 Å². The first-order valence-electron chi connectivity index (χ1n) is 8.08. The summed E-state index contributed by atoms with van der Waals surface area (Å²) in [6.45, 7) is 5.65. The molecule has 1 heterocycles. The molecule has 3 aromatic rings. The lowest BCUT2D eigenvalue weighted by Crippen LogP contribution is -2.13. The van der Waals surface area contributed by atoms with Gasteiger partial charge in [-0.1, -0.05) is 35.9 Å². The monoisotopic (exact) mass is 369 g/mol. The van der Waals surface area contributed by atoms with Crippen LogP contribution in [0.15, 0.2) is 69.0 Å². The molecule has 0 saturated carbocycles. The zero-order valence-electron chi connectivity index (χ0n) is 14.7. The summed E-state index contributed by atoms with van der Waals surface area (Å²) in [5, 5.41) is 2.52. The molecule has 0 unspecified atom stereocenters. The lowest BCUT2D eigenvalue weighted by molar-refractivity contribution is 0.0991. The third kappa shape index (κ3) is 3.41. The topological polar surface area (TPSA) is 76.4 Å². The molecule has 1 aromatic heterocycles. The molecular formula is C20H19NO4S. The molecule has 0 saturated heterocycles. The van der Waals surface area contributed by atoms with Crippen LogP contribution in [-0.4, -0.2) is 14.3 Å². The van der Waals surface area contributed by atoms with Crippen molar-refractivity contribution < 1.29 is 17.6 Å². The zero-order valence-corrected chi connectivity index (χ0v) is 15.6. The van der Waals surface area contributed by atoms with Gasteiger partial charge in [0.25, 0.3) is 5.91 Å². The quantitative estimate of drug-likeness (QED) is 0.744. The van der Waals surface area contributed by atoms with Gasteiger partial charge in [-0.3, -0.25) is 4.79 Å². The number of carbonyl (C=O) groups is 1. The van der Waals surface area contributed by atoms with Crippen molar-refractivity contribution in [1.82, 2.24) is 0 Å². The highest BCUT2D eigenvalue weighted by Crippen LogP contribution is 2.25. The number of para-hydroxylation sites is 1. The Bertz CT molecular complexity index is 1040. The fraction of sp³-hybridized carbons (Fsp3) is 0.150. The number of anilines is 1. The van der Waals surface area contributed by atoms with Crippen LogP contribution in [-0.2, 0) is 9.84 Å². The molecule has 2 aromatic carbocycles. The summed E-state index contributed by atoms with van der Waals surface area (Å²) in [4.78, 5) is 12.6. The largest absolute Gasteiger partial charge is 0.439 e. The fourth-order valence-electron chi connectivity index (χ4n) is 2.61. The molecule has 0 radical (unpaired) electrons. The van der Waals surface area contributed by atoms with Crippen LogP contribution in [0.25, 0.3) is 0 Å². The summed E-state index contributed by atoms with van der Waals surface area (Å²) >= 11 is 0. The van der Waals surface area contributed by atoms with Crippen LogP contribution in [0.4, 0.5) is 5.69 Å². The van der Waals surface area contributed by atoms with Crippen molar-refractivity contribution in [2.24, 2.45) is 0 Å². The molecule has 1 N–H and O–H groups in total. The lowest BCUT2D eigenvalue weighted by atomic mass is 10.1. The summed E-state index contributed by atoms with van der Waals surface area (Å²) in [7, 11) is -3.80. The van der Waals surface area contributed by atoms with Crippen molar-refractivity contribution in [3.8, 4) is 0 Å². The lowest BCUT2D eigenvalue weighted by Gasteiger charge is -2.10. The van der Waals surface area contributed by atoms with Gasteiger partial charge in [-0.15, -0.1) is 0 Å². The third-order valence-corrected chi connectivity index (χ3v) is 5.76. The van der Waals surface area contributed by atoms with Crippen molar-refractivity contribution in [3.63, 3.8) is 0 Å².